The summed E-state index contributed by atoms with van der Waals surface area (Å²) in [5.41, 5.74) is 0. The van der Waals surface area contributed by atoms with Gasteiger partial charge in [-0.25, -0.2) is 9.13 Å². The summed E-state index contributed by atoms with van der Waals surface area (Å²) in [6, 6.07) is 0. The molecule has 0 aromatic heterocycles. The first kappa shape index (κ1) is 98.1. The molecule has 0 fully saturated rings. The number of phosphoric acid groups is 2. The second kappa shape index (κ2) is 71.3. The minimum Gasteiger partial charge on any atom is -0.462 e. The Labute approximate surface area is 613 Å². The fourth-order valence-electron chi connectivity index (χ4n) is 12.5. The van der Waals surface area contributed by atoms with Gasteiger partial charge in [-0.2, -0.15) is 0 Å². The van der Waals surface area contributed by atoms with Crippen LogP contribution in [0.15, 0.2) is 0 Å². The van der Waals surface area contributed by atoms with Crippen molar-refractivity contribution in [1.82, 2.24) is 0 Å². The van der Waals surface area contributed by atoms with Crippen LogP contribution in [0.1, 0.15) is 421 Å². The molecule has 0 saturated carbocycles. The zero-order valence-electron chi connectivity index (χ0n) is 65.7. The fourth-order valence-corrected chi connectivity index (χ4v) is 14.0. The van der Waals surface area contributed by atoms with E-state index >= 15 is 0 Å². The van der Waals surface area contributed by atoms with Crippen molar-refractivity contribution >= 4 is 39.5 Å². The first-order chi connectivity index (χ1) is 48.3. The first-order valence-electron chi connectivity index (χ1n) is 41.9. The molecular formula is C81H158O17P2. The lowest BCUT2D eigenvalue weighted by Gasteiger charge is -2.21. The average molecular weight is 1470 g/mol. The Morgan fingerprint density at radius 1 is 0.290 bits per heavy atom. The lowest BCUT2D eigenvalue weighted by molar-refractivity contribution is -0.161. The summed E-state index contributed by atoms with van der Waals surface area (Å²) in [7, 11) is -9.92. The monoisotopic (exact) mass is 1470 g/mol. The van der Waals surface area contributed by atoms with Gasteiger partial charge in [0.1, 0.15) is 19.3 Å². The van der Waals surface area contributed by atoms with Gasteiger partial charge < -0.3 is 33.8 Å². The van der Waals surface area contributed by atoms with Crippen molar-refractivity contribution in [3.05, 3.63) is 0 Å². The number of carbonyl (C=O) groups excluding carboxylic acids is 4. The zero-order chi connectivity index (χ0) is 73.7. The van der Waals surface area contributed by atoms with Gasteiger partial charge in [-0.05, 0) is 43.4 Å². The van der Waals surface area contributed by atoms with Gasteiger partial charge in [0.05, 0.1) is 26.4 Å². The molecular weight excluding hydrogens is 1310 g/mol. The SMILES string of the molecule is CCCCCCCCCCCCCCCC(=O)O[C@H](COC(=O)CCCCCCCCCCC(C)CC)COP(=O)(O)OC[C@H](O)COP(=O)(O)OC[C@@H](COC(=O)CCCCCCCCCCCCCCCC(C)C)OC(=O)CCCCCCCCCCCCCCCCCCC(C)C. The minimum absolute atomic E-state index is 0.107. The van der Waals surface area contributed by atoms with Crippen LogP contribution >= 0.6 is 15.6 Å². The van der Waals surface area contributed by atoms with E-state index in [1.54, 1.807) is 0 Å². The summed E-state index contributed by atoms with van der Waals surface area (Å²) in [4.78, 5) is 73.1. The smallest absolute Gasteiger partial charge is 0.462 e. The second-order valence-electron chi connectivity index (χ2n) is 30.4. The van der Waals surface area contributed by atoms with Crippen LogP contribution in [0.5, 0.6) is 0 Å². The molecule has 0 aliphatic rings. The number of phosphoric ester groups is 2. The van der Waals surface area contributed by atoms with Crippen LogP contribution in [0.3, 0.4) is 0 Å². The van der Waals surface area contributed by atoms with Crippen LogP contribution < -0.4 is 0 Å². The van der Waals surface area contributed by atoms with Crippen molar-refractivity contribution in [3.8, 4) is 0 Å². The molecule has 0 spiro atoms. The number of carbonyl (C=O) groups is 4. The van der Waals surface area contributed by atoms with E-state index in [0.717, 1.165) is 108 Å². The third-order valence-corrected chi connectivity index (χ3v) is 21.1. The first-order valence-corrected chi connectivity index (χ1v) is 44.9. The number of aliphatic hydroxyl groups excluding tert-OH is 1. The minimum atomic E-state index is -4.96. The number of rotatable bonds is 79. The number of hydrogen-bond donors (Lipinski definition) is 3. The van der Waals surface area contributed by atoms with Gasteiger partial charge in [-0.3, -0.25) is 37.3 Å². The predicted molar refractivity (Wildman–Crippen MR) is 409 cm³/mol. The third kappa shape index (κ3) is 73.0. The summed E-state index contributed by atoms with van der Waals surface area (Å²) >= 11 is 0. The molecule has 0 rings (SSSR count). The molecule has 0 aromatic rings. The molecule has 594 valence electrons. The molecule has 0 saturated heterocycles. The molecule has 0 radical (unpaired) electrons. The van der Waals surface area contributed by atoms with E-state index in [1.807, 2.05) is 0 Å². The topological polar surface area (TPSA) is 237 Å². The molecule has 100 heavy (non-hydrogen) atoms. The molecule has 0 amide bonds. The van der Waals surface area contributed by atoms with Crippen molar-refractivity contribution in [2.45, 2.75) is 439 Å². The van der Waals surface area contributed by atoms with Crippen LogP contribution in [-0.2, 0) is 65.4 Å². The van der Waals surface area contributed by atoms with E-state index in [2.05, 4.69) is 48.5 Å². The van der Waals surface area contributed by atoms with Gasteiger partial charge in [0.25, 0.3) is 0 Å². The summed E-state index contributed by atoms with van der Waals surface area (Å²) < 4.78 is 68.7. The largest absolute Gasteiger partial charge is 0.472 e. The Bertz CT molecular complexity index is 1940. The van der Waals surface area contributed by atoms with Crippen molar-refractivity contribution in [1.29, 1.82) is 0 Å². The number of esters is 4. The quantitative estimate of drug-likeness (QED) is 0.0222. The molecule has 19 heteroatoms. The predicted octanol–water partition coefficient (Wildman–Crippen LogP) is 24.1. The maximum absolute atomic E-state index is 13.1. The van der Waals surface area contributed by atoms with E-state index in [4.69, 9.17) is 37.0 Å². The van der Waals surface area contributed by atoms with E-state index in [1.165, 1.54) is 231 Å². The molecule has 0 heterocycles. The Morgan fingerprint density at radius 2 is 0.510 bits per heavy atom. The lowest BCUT2D eigenvalue weighted by Crippen LogP contribution is -2.30. The number of unbranched alkanes of at least 4 members (excludes halogenated alkanes) is 46. The fraction of sp³-hybridized carbons (Fsp3) is 0.951. The van der Waals surface area contributed by atoms with Crippen molar-refractivity contribution in [3.63, 3.8) is 0 Å². The van der Waals surface area contributed by atoms with Gasteiger partial charge in [-0.15, -0.1) is 0 Å². The highest BCUT2D eigenvalue weighted by Gasteiger charge is 2.30. The Hall–Kier alpha value is -1.94. The number of ether oxygens (including phenoxy) is 4. The lowest BCUT2D eigenvalue weighted by atomic mass is 9.99. The number of aliphatic hydroxyl groups is 1. The van der Waals surface area contributed by atoms with Gasteiger partial charge in [-0.1, -0.05) is 370 Å². The third-order valence-electron chi connectivity index (χ3n) is 19.2. The highest BCUT2D eigenvalue weighted by Crippen LogP contribution is 2.45. The summed E-state index contributed by atoms with van der Waals surface area (Å²) in [6.07, 6.45) is 59.5. The average Bonchev–Trinajstić information content (AvgIpc) is 0.926. The summed E-state index contributed by atoms with van der Waals surface area (Å²) in [5.74, 6) is 0.269. The van der Waals surface area contributed by atoms with Gasteiger partial charge in [0.2, 0.25) is 0 Å². The van der Waals surface area contributed by atoms with E-state index in [9.17, 15) is 43.2 Å². The molecule has 0 aliphatic heterocycles. The molecule has 3 unspecified atom stereocenters. The van der Waals surface area contributed by atoms with Crippen LogP contribution in [0.25, 0.3) is 0 Å². The van der Waals surface area contributed by atoms with Crippen LogP contribution in [0.4, 0.5) is 0 Å². The molecule has 0 aliphatic carbocycles. The maximum Gasteiger partial charge on any atom is 0.472 e. The Kier molecular flexibility index (Phi) is 69.9. The molecule has 0 aromatic carbocycles. The molecule has 17 nitrogen and oxygen atoms in total. The van der Waals surface area contributed by atoms with Crippen LogP contribution in [0, 0.1) is 17.8 Å². The van der Waals surface area contributed by atoms with E-state index in [-0.39, 0.29) is 25.7 Å². The van der Waals surface area contributed by atoms with Gasteiger partial charge in [0.15, 0.2) is 12.2 Å². The Morgan fingerprint density at radius 3 is 0.760 bits per heavy atom. The molecule has 6 atom stereocenters. The number of hydrogen-bond acceptors (Lipinski definition) is 15. The van der Waals surface area contributed by atoms with Crippen LogP contribution in [-0.4, -0.2) is 96.7 Å². The summed E-state index contributed by atoms with van der Waals surface area (Å²) in [5, 5.41) is 10.6. The second-order valence-corrected chi connectivity index (χ2v) is 33.3. The van der Waals surface area contributed by atoms with Crippen LogP contribution in [0.2, 0.25) is 0 Å². The molecule has 0 bridgehead atoms. The Balaban J connectivity index is 5.26. The highest BCUT2D eigenvalue weighted by atomic mass is 31.2. The van der Waals surface area contributed by atoms with Crippen molar-refractivity contribution in [2.24, 2.45) is 17.8 Å². The maximum atomic E-state index is 13.1. The van der Waals surface area contributed by atoms with E-state index < -0.39 is 97.5 Å². The highest BCUT2D eigenvalue weighted by molar-refractivity contribution is 7.47. The van der Waals surface area contributed by atoms with E-state index in [0.29, 0.717) is 25.7 Å². The van der Waals surface area contributed by atoms with Crippen molar-refractivity contribution in [2.75, 3.05) is 39.6 Å². The van der Waals surface area contributed by atoms with Gasteiger partial charge >= 0.3 is 39.5 Å². The summed E-state index contributed by atoms with van der Waals surface area (Å²) in [6.45, 7) is 12.0. The van der Waals surface area contributed by atoms with Crippen molar-refractivity contribution < 1.29 is 80.2 Å². The van der Waals surface area contributed by atoms with Gasteiger partial charge in [0, 0.05) is 25.7 Å². The zero-order valence-corrected chi connectivity index (χ0v) is 67.5. The standard InChI is InChI=1S/C81H158O17P2/c1-8-10-11-12-13-14-15-21-29-34-43-50-57-64-80(85)98-77(69-92-79(84)63-56-49-42-37-36-40-47-54-61-74(7)9-2)71-96-100(89,90)94-67-75(82)66-93-99(87,88)95-70-76(68-91-78(83)62-55-48-41-33-28-25-20-23-27-32-39-46-53-60-73(5)6)97-81(86)65-58-51-44-35-30-24-19-17-16-18-22-26-31-38-45-52-59-72(3)4/h72-77,82H,8-71H2,1-7H3,(H,87,88)(H,89,90)/t74?,75-,76-,77-/m1/s1. The molecule has 3 N–H and O–H groups in total. The normalized spacial score (nSPS) is 14.2.